The van der Waals surface area contributed by atoms with Crippen LogP contribution in [0.4, 0.5) is 0 Å². The summed E-state index contributed by atoms with van der Waals surface area (Å²) in [5, 5.41) is 8.45. The lowest BCUT2D eigenvalue weighted by Gasteiger charge is -2.01. The lowest BCUT2D eigenvalue weighted by molar-refractivity contribution is -0.131. The molecule has 0 amide bonds. The molecule has 1 rings (SSSR count). The number of allylic oxidation sites excluding steroid dienone is 3. The van der Waals surface area contributed by atoms with Crippen LogP contribution >= 0.6 is 0 Å². The number of carboxylic acid groups (broad SMARTS) is 1. The van der Waals surface area contributed by atoms with Gasteiger partial charge in [-0.3, -0.25) is 0 Å². The van der Waals surface area contributed by atoms with Crippen molar-refractivity contribution >= 4 is 5.97 Å². The van der Waals surface area contributed by atoms with Gasteiger partial charge in [0.25, 0.3) is 0 Å². The smallest absolute Gasteiger partial charge is 0.328 e. The van der Waals surface area contributed by atoms with E-state index in [0.29, 0.717) is 12.2 Å². The summed E-state index contributed by atoms with van der Waals surface area (Å²) >= 11 is 0. The van der Waals surface area contributed by atoms with E-state index in [2.05, 4.69) is 6.92 Å². The summed E-state index contributed by atoms with van der Waals surface area (Å²) < 4.78 is 5.69. The fraction of sp³-hybridized carbons (Fsp3) is 0.750. The first-order chi connectivity index (χ1) is 11.2. The third kappa shape index (κ3) is 12.1. The molecule has 132 valence electrons. The SMILES string of the molecule is CCCCCCCCCCCC1OC1CCC=CC=CC(=O)O. The molecule has 0 aliphatic carbocycles. The molecule has 1 saturated heterocycles. The lowest BCUT2D eigenvalue weighted by atomic mass is 10.0. The van der Waals surface area contributed by atoms with Crippen molar-refractivity contribution in [2.24, 2.45) is 0 Å². The highest BCUT2D eigenvalue weighted by Crippen LogP contribution is 2.31. The van der Waals surface area contributed by atoms with E-state index in [1.165, 1.54) is 64.2 Å². The molecule has 1 heterocycles. The van der Waals surface area contributed by atoms with E-state index in [-0.39, 0.29) is 0 Å². The lowest BCUT2D eigenvalue weighted by Crippen LogP contribution is -1.93. The van der Waals surface area contributed by atoms with E-state index in [4.69, 9.17) is 9.84 Å². The summed E-state index contributed by atoms with van der Waals surface area (Å²) in [5.41, 5.74) is 0. The van der Waals surface area contributed by atoms with Crippen LogP contribution in [0.5, 0.6) is 0 Å². The number of carboxylic acids is 1. The zero-order valence-corrected chi connectivity index (χ0v) is 14.7. The number of hydrogen-bond acceptors (Lipinski definition) is 2. The van der Waals surface area contributed by atoms with Gasteiger partial charge in [-0.05, 0) is 19.3 Å². The van der Waals surface area contributed by atoms with Crippen LogP contribution in [0.15, 0.2) is 24.3 Å². The zero-order valence-electron chi connectivity index (χ0n) is 14.7. The average Bonchev–Trinajstić information content (AvgIpc) is 3.27. The van der Waals surface area contributed by atoms with Crippen LogP contribution in [0.1, 0.15) is 84.0 Å². The van der Waals surface area contributed by atoms with Gasteiger partial charge in [0.15, 0.2) is 0 Å². The Morgan fingerprint density at radius 1 is 0.913 bits per heavy atom. The number of rotatable bonds is 15. The highest BCUT2D eigenvalue weighted by atomic mass is 16.6. The number of epoxide rings is 1. The maximum atomic E-state index is 10.3. The molecule has 3 nitrogen and oxygen atoms in total. The first-order valence-corrected chi connectivity index (χ1v) is 9.45. The fourth-order valence-electron chi connectivity index (χ4n) is 2.92. The maximum Gasteiger partial charge on any atom is 0.328 e. The topological polar surface area (TPSA) is 49.8 Å². The Labute approximate surface area is 141 Å². The monoisotopic (exact) mass is 322 g/mol. The fourth-order valence-corrected chi connectivity index (χ4v) is 2.92. The number of unbranched alkanes of at least 4 members (excludes halogenated alkanes) is 8. The van der Waals surface area contributed by atoms with Crippen molar-refractivity contribution in [3.05, 3.63) is 24.3 Å². The zero-order chi connectivity index (χ0) is 16.8. The maximum absolute atomic E-state index is 10.3. The van der Waals surface area contributed by atoms with Crippen LogP contribution in [0.3, 0.4) is 0 Å². The van der Waals surface area contributed by atoms with Crippen LogP contribution in [-0.2, 0) is 9.53 Å². The molecule has 0 bridgehead atoms. The molecule has 1 N–H and O–H groups in total. The van der Waals surface area contributed by atoms with Crippen LogP contribution in [0.2, 0.25) is 0 Å². The minimum atomic E-state index is -0.902. The van der Waals surface area contributed by atoms with Crippen molar-refractivity contribution in [1.82, 2.24) is 0 Å². The summed E-state index contributed by atoms with van der Waals surface area (Å²) in [6.45, 7) is 2.26. The van der Waals surface area contributed by atoms with Crippen LogP contribution < -0.4 is 0 Å². The second-order valence-electron chi connectivity index (χ2n) is 6.53. The highest BCUT2D eigenvalue weighted by Gasteiger charge is 2.36. The first-order valence-electron chi connectivity index (χ1n) is 9.45. The standard InChI is InChI=1S/C20H34O3/c1-2-3-4-5-6-7-8-9-12-15-18-19(23-18)16-13-10-11-14-17-20(21)22/h10-11,14,17-19H,2-9,12-13,15-16H2,1H3,(H,21,22). The van der Waals surface area contributed by atoms with E-state index in [1.807, 2.05) is 6.08 Å². The average molecular weight is 322 g/mol. The van der Waals surface area contributed by atoms with E-state index in [0.717, 1.165) is 18.9 Å². The molecular weight excluding hydrogens is 288 g/mol. The molecule has 1 aliphatic rings. The molecule has 1 aliphatic heterocycles. The minimum absolute atomic E-state index is 0.442. The second kappa shape index (κ2) is 13.4. The molecule has 0 aromatic carbocycles. The molecule has 0 aromatic heterocycles. The normalized spacial score (nSPS) is 20.6. The molecule has 2 unspecified atom stereocenters. The summed E-state index contributed by atoms with van der Waals surface area (Å²) in [6, 6.07) is 0. The molecule has 0 saturated carbocycles. The van der Waals surface area contributed by atoms with Crippen molar-refractivity contribution in [2.75, 3.05) is 0 Å². The van der Waals surface area contributed by atoms with Crippen molar-refractivity contribution < 1.29 is 14.6 Å². The third-order valence-electron chi connectivity index (χ3n) is 4.38. The van der Waals surface area contributed by atoms with Gasteiger partial charge in [0.1, 0.15) is 0 Å². The Morgan fingerprint density at radius 3 is 2.17 bits per heavy atom. The summed E-state index contributed by atoms with van der Waals surface area (Å²) in [4.78, 5) is 10.3. The number of carbonyl (C=O) groups is 1. The Hall–Kier alpha value is -1.09. The highest BCUT2D eigenvalue weighted by molar-refractivity contribution is 5.80. The number of hydrogen-bond donors (Lipinski definition) is 1. The van der Waals surface area contributed by atoms with Gasteiger partial charge in [0.05, 0.1) is 12.2 Å². The third-order valence-corrected chi connectivity index (χ3v) is 4.38. The molecule has 2 atom stereocenters. The van der Waals surface area contributed by atoms with Crippen molar-refractivity contribution in [2.45, 2.75) is 96.2 Å². The van der Waals surface area contributed by atoms with Crippen LogP contribution in [0, 0.1) is 0 Å². The molecule has 0 spiro atoms. The molecule has 3 heteroatoms. The van der Waals surface area contributed by atoms with E-state index in [9.17, 15) is 4.79 Å². The van der Waals surface area contributed by atoms with Crippen LogP contribution in [-0.4, -0.2) is 23.3 Å². The first kappa shape index (κ1) is 20.0. The predicted octanol–water partition coefficient (Wildman–Crippen LogP) is 5.65. The van der Waals surface area contributed by atoms with Gasteiger partial charge in [-0.1, -0.05) is 82.9 Å². The quantitative estimate of drug-likeness (QED) is 0.183. The molecule has 0 aromatic rings. The molecule has 0 radical (unpaired) electrons. The Bertz CT molecular complexity index is 360. The van der Waals surface area contributed by atoms with Gasteiger partial charge in [-0.15, -0.1) is 0 Å². The van der Waals surface area contributed by atoms with Crippen molar-refractivity contribution in [3.63, 3.8) is 0 Å². The Morgan fingerprint density at radius 2 is 1.52 bits per heavy atom. The van der Waals surface area contributed by atoms with E-state index < -0.39 is 5.97 Å². The number of ether oxygens (including phenoxy) is 1. The van der Waals surface area contributed by atoms with E-state index >= 15 is 0 Å². The van der Waals surface area contributed by atoms with Crippen LogP contribution in [0.25, 0.3) is 0 Å². The van der Waals surface area contributed by atoms with Gasteiger partial charge < -0.3 is 9.84 Å². The second-order valence-corrected chi connectivity index (χ2v) is 6.53. The van der Waals surface area contributed by atoms with Gasteiger partial charge in [0.2, 0.25) is 0 Å². The Balaban J connectivity index is 1.83. The summed E-state index contributed by atoms with van der Waals surface area (Å²) in [6.07, 6.45) is 23.1. The van der Waals surface area contributed by atoms with Gasteiger partial charge in [-0.25, -0.2) is 4.79 Å². The van der Waals surface area contributed by atoms with E-state index in [1.54, 1.807) is 12.2 Å². The van der Waals surface area contributed by atoms with Crippen molar-refractivity contribution in [1.29, 1.82) is 0 Å². The summed E-state index contributed by atoms with van der Waals surface area (Å²) in [7, 11) is 0. The Kier molecular flexibility index (Phi) is 11.6. The predicted molar refractivity (Wildman–Crippen MR) is 95.7 cm³/mol. The van der Waals surface area contributed by atoms with Gasteiger partial charge >= 0.3 is 5.97 Å². The minimum Gasteiger partial charge on any atom is -0.478 e. The number of aliphatic carboxylic acids is 1. The van der Waals surface area contributed by atoms with Gasteiger partial charge in [-0.2, -0.15) is 0 Å². The van der Waals surface area contributed by atoms with Gasteiger partial charge in [0, 0.05) is 6.08 Å². The molecule has 1 fully saturated rings. The largest absolute Gasteiger partial charge is 0.478 e. The summed E-state index contributed by atoms with van der Waals surface area (Å²) in [5.74, 6) is -0.902. The van der Waals surface area contributed by atoms with Crippen molar-refractivity contribution in [3.8, 4) is 0 Å². The molecular formula is C20H34O3. The molecule has 23 heavy (non-hydrogen) atoms.